The molecule has 0 spiro atoms. The molecule has 12 heavy (non-hydrogen) atoms. The second-order valence-corrected chi connectivity index (χ2v) is 1.66. The van der Waals surface area contributed by atoms with Crippen molar-refractivity contribution in [3.05, 3.63) is 11.7 Å². The first kappa shape index (κ1) is 7.98. The van der Waals surface area contributed by atoms with E-state index in [9.17, 15) is 4.79 Å². The van der Waals surface area contributed by atoms with Gasteiger partial charge in [0.15, 0.2) is 5.49 Å². The van der Waals surface area contributed by atoms with Crippen molar-refractivity contribution < 1.29 is 4.79 Å². The van der Waals surface area contributed by atoms with Crippen LogP contribution < -0.4 is 11.3 Å². The number of amides is 1. The summed E-state index contributed by atoms with van der Waals surface area (Å²) in [6, 6.07) is -0.714. The fourth-order valence-corrected chi connectivity index (χ4v) is 0.532. The molecule has 1 aromatic rings. The number of hydrogen-bond acceptors (Lipinski definition) is 6. The number of hydrogen-bond donors (Lipinski definition) is 1. The minimum atomic E-state index is -0.714. The summed E-state index contributed by atoms with van der Waals surface area (Å²) in [7, 11) is 0. The van der Waals surface area contributed by atoms with Crippen molar-refractivity contribution in [2.45, 2.75) is 0 Å². The Morgan fingerprint density at radius 3 is 3.08 bits per heavy atom. The predicted octanol–water partition coefficient (Wildman–Crippen LogP) is -1.88. The number of aliphatic imine (C=N–C) groups is 1. The molecule has 0 aliphatic heterocycles. The van der Waals surface area contributed by atoms with Crippen LogP contribution in [0.25, 0.3) is 0 Å². The van der Waals surface area contributed by atoms with Crippen LogP contribution in [0.2, 0.25) is 0 Å². The lowest BCUT2D eigenvalue weighted by atomic mass is 10.8. The highest BCUT2D eigenvalue weighted by Crippen LogP contribution is 1.74. The highest BCUT2D eigenvalue weighted by molar-refractivity contribution is 5.79. The third-order valence-corrected chi connectivity index (χ3v) is 1.02. The second kappa shape index (κ2) is 3.32. The molecule has 8 heteroatoms. The normalized spacial score (nSPS) is 11.2. The Morgan fingerprint density at radius 2 is 2.50 bits per heavy atom. The monoisotopic (exact) mass is 167 g/mol. The summed E-state index contributed by atoms with van der Waals surface area (Å²) in [6.07, 6.45) is 1.18. The van der Waals surface area contributed by atoms with Gasteiger partial charge < -0.3 is 5.84 Å². The van der Waals surface area contributed by atoms with Gasteiger partial charge in [0.2, 0.25) is 0 Å². The fraction of sp³-hybridized carbons (Fsp3) is 0. The van der Waals surface area contributed by atoms with Crippen LogP contribution in [0.5, 0.6) is 0 Å². The average Bonchev–Trinajstić information content (AvgIpc) is 2.16. The third kappa shape index (κ3) is 1.31. The van der Waals surface area contributed by atoms with Crippen LogP contribution in [0.3, 0.4) is 0 Å². The first-order valence-corrected chi connectivity index (χ1v) is 2.82. The highest BCUT2D eigenvalue weighted by Gasteiger charge is 2.02. The van der Waals surface area contributed by atoms with E-state index in [0.29, 0.717) is 0 Å². The van der Waals surface area contributed by atoms with E-state index in [1.165, 1.54) is 6.20 Å². The maximum Gasteiger partial charge on any atom is 0.371 e. The van der Waals surface area contributed by atoms with Gasteiger partial charge >= 0.3 is 6.03 Å². The minimum Gasteiger partial charge on any atom is -0.321 e. The summed E-state index contributed by atoms with van der Waals surface area (Å²) in [6.45, 7) is 3.02. The molecule has 1 aromatic heterocycles. The lowest BCUT2D eigenvalue weighted by molar-refractivity contribution is 0.245. The van der Waals surface area contributed by atoms with Crippen molar-refractivity contribution in [3.8, 4) is 0 Å². The van der Waals surface area contributed by atoms with Crippen molar-refractivity contribution in [2.24, 2.45) is 15.9 Å². The number of aromatic nitrogens is 4. The summed E-state index contributed by atoms with van der Waals surface area (Å²) >= 11 is 0. The van der Waals surface area contributed by atoms with Crippen LogP contribution in [0.4, 0.5) is 4.79 Å². The number of carbonyl (C=O) groups excluding carboxylic acids is 1. The zero-order chi connectivity index (χ0) is 8.97. The number of nitrogens with zero attached hydrogens (tertiary/aromatic N) is 6. The topological polar surface area (TPSA) is 111 Å². The van der Waals surface area contributed by atoms with Gasteiger partial charge in [0.05, 0.1) is 6.20 Å². The zero-order valence-corrected chi connectivity index (χ0v) is 5.95. The van der Waals surface area contributed by atoms with E-state index in [0.717, 1.165) is 4.68 Å². The molecule has 0 aliphatic carbocycles. The SMILES string of the molecule is C=NC(=O)n1nnnc/c1=N/N. The Balaban J connectivity index is 3.33. The van der Waals surface area contributed by atoms with Gasteiger partial charge in [0.1, 0.15) is 0 Å². The third-order valence-electron chi connectivity index (χ3n) is 1.02. The van der Waals surface area contributed by atoms with Gasteiger partial charge in [0, 0.05) is 0 Å². The van der Waals surface area contributed by atoms with Gasteiger partial charge in [-0.05, 0) is 17.1 Å². The molecule has 0 radical (unpaired) electrons. The molecule has 0 unspecified atom stereocenters. The van der Waals surface area contributed by atoms with Crippen LogP contribution >= 0.6 is 0 Å². The fourth-order valence-electron chi connectivity index (χ4n) is 0.532. The molecule has 1 amide bonds. The lowest BCUT2D eigenvalue weighted by Gasteiger charge is -1.94. The molecule has 0 bridgehead atoms. The van der Waals surface area contributed by atoms with Gasteiger partial charge in [0.25, 0.3) is 0 Å². The summed E-state index contributed by atoms with van der Waals surface area (Å²) in [5.41, 5.74) is 0.0578. The van der Waals surface area contributed by atoms with Crippen LogP contribution in [-0.4, -0.2) is 33.0 Å². The lowest BCUT2D eigenvalue weighted by Crippen LogP contribution is -2.30. The maximum absolute atomic E-state index is 10.9. The zero-order valence-electron chi connectivity index (χ0n) is 5.95. The van der Waals surface area contributed by atoms with E-state index >= 15 is 0 Å². The molecule has 1 rings (SSSR count). The van der Waals surface area contributed by atoms with Crippen molar-refractivity contribution in [1.82, 2.24) is 20.2 Å². The highest BCUT2D eigenvalue weighted by atomic mass is 16.2. The van der Waals surface area contributed by atoms with E-state index in [1.54, 1.807) is 0 Å². The molecule has 8 nitrogen and oxygen atoms in total. The van der Waals surface area contributed by atoms with Gasteiger partial charge in [-0.1, -0.05) is 0 Å². The molecule has 0 saturated heterocycles. The Morgan fingerprint density at radius 1 is 1.75 bits per heavy atom. The van der Waals surface area contributed by atoms with Crippen molar-refractivity contribution in [2.75, 3.05) is 0 Å². The van der Waals surface area contributed by atoms with E-state index in [-0.39, 0.29) is 5.49 Å². The molecule has 0 saturated carbocycles. The van der Waals surface area contributed by atoms with Crippen LogP contribution in [0.15, 0.2) is 16.3 Å². The Hall–Kier alpha value is -2.12. The first-order valence-electron chi connectivity index (χ1n) is 2.82. The summed E-state index contributed by atoms with van der Waals surface area (Å²) < 4.78 is 0.778. The molecule has 0 fully saturated rings. The summed E-state index contributed by atoms with van der Waals surface area (Å²) in [5, 5.41) is 13.1. The quantitative estimate of drug-likeness (QED) is 0.276. The number of nitrogens with two attached hydrogens (primary N) is 1. The van der Waals surface area contributed by atoms with Crippen LogP contribution in [0, 0.1) is 0 Å². The number of carbonyl (C=O) groups is 1. The van der Waals surface area contributed by atoms with E-state index in [2.05, 4.69) is 32.3 Å². The minimum absolute atomic E-state index is 0.0578. The Kier molecular flexibility index (Phi) is 2.21. The van der Waals surface area contributed by atoms with E-state index in [4.69, 9.17) is 5.84 Å². The predicted molar refractivity (Wildman–Crippen MR) is 37.9 cm³/mol. The van der Waals surface area contributed by atoms with Gasteiger partial charge in [-0.25, -0.2) is 9.79 Å². The van der Waals surface area contributed by atoms with Crippen molar-refractivity contribution in [1.29, 1.82) is 0 Å². The molecular weight excluding hydrogens is 162 g/mol. The second-order valence-electron chi connectivity index (χ2n) is 1.66. The Labute approximate surface area is 66.4 Å². The molecular formula is C4H5N7O. The molecule has 1 heterocycles. The van der Waals surface area contributed by atoms with Crippen LogP contribution in [-0.2, 0) is 0 Å². The molecule has 62 valence electrons. The smallest absolute Gasteiger partial charge is 0.321 e. The average molecular weight is 167 g/mol. The molecule has 0 aromatic carbocycles. The molecule has 2 N–H and O–H groups in total. The Bertz CT molecular complexity index is 366. The van der Waals surface area contributed by atoms with E-state index in [1.807, 2.05) is 0 Å². The van der Waals surface area contributed by atoms with Crippen LogP contribution in [0.1, 0.15) is 0 Å². The largest absolute Gasteiger partial charge is 0.371 e. The first-order chi connectivity index (χ1) is 5.79. The van der Waals surface area contributed by atoms with Gasteiger partial charge in [-0.2, -0.15) is 5.10 Å². The van der Waals surface area contributed by atoms with E-state index < -0.39 is 6.03 Å². The van der Waals surface area contributed by atoms with Crippen molar-refractivity contribution >= 4 is 12.7 Å². The maximum atomic E-state index is 10.9. The summed E-state index contributed by atoms with van der Waals surface area (Å²) in [5.74, 6) is 4.93. The summed E-state index contributed by atoms with van der Waals surface area (Å²) in [4.78, 5) is 14.0. The number of rotatable bonds is 0. The van der Waals surface area contributed by atoms with Gasteiger partial charge in [-0.3, -0.25) is 0 Å². The van der Waals surface area contributed by atoms with Crippen molar-refractivity contribution in [3.63, 3.8) is 0 Å². The standard InChI is InChI=1S/C4H5N7O/c1-6-4(12)11-3(8-5)2-7-9-10-11/h2H,1,5H2/b8-3-. The molecule has 0 atom stereocenters. The molecule has 0 aliphatic rings. The van der Waals surface area contributed by atoms with Gasteiger partial charge in [-0.15, -0.1) is 9.78 Å².